The minimum atomic E-state index is -1.37. The van der Waals surface area contributed by atoms with E-state index in [9.17, 15) is 13.2 Å². The zero-order chi connectivity index (χ0) is 17.1. The van der Waals surface area contributed by atoms with Crippen LogP contribution >= 0.6 is 0 Å². The normalized spacial score (nSPS) is 27.8. The number of methoxy groups -OCH3 is 1. The zero-order valence-electron chi connectivity index (χ0n) is 14.2. The summed E-state index contributed by atoms with van der Waals surface area (Å²) in [4.78, 5) is 0. The Morgan fingerprint density at radius 1 is 0.875 bits per heavy atom. The second-order valence-corrected chi connectivity index (χ2v) is 7.26. The molecule has 2 aliphatic carbocycles. The van der Waals surface area contributed by atoms with Gasteiger partial charge in [0.15, 0.2) is 17.5 Å². The largest absolute Gasteiger partial charge is 0.504 e. The molecule has 0 heterocycles. The number of hydrogen-bond acceptors (Lipinski definition) is 1. The van der Waals surface area contributed by atoms with E-state index in [4.69, 9.17) is 4.74 Å². The van der Waals surface area contributed by atoms with Gasteiger partial charge in [-0.15, -0.1) is 0 Å². The van der Waals surface area contributed by atoms with E-state index in [1.807, 2.05) is 6.26 Å². The molecule has 4 heteroatoms. The van der Waals surface area contributed by atoms with E-state index in [1.54, 1.807) is 7.11 Å². The third kappa shape index (κ3) is 3.79. The first-order valence-electron chi connectivity index (χ1n) is 8.93. The molecule has 132 valence electrons. The summed E-state index contributed by atoms with van der Waals surface area (Å²) in [5, 5.41) is 0. The van der Waals surface area contributed by atoms with Gasteiger partial charge in [0.2, 0.25) is 0 Å². The predicted molar refractivity (Wildman–Crippen MR) is 88.1 cm³/mol. The summed E-state index contributed by atoms with van der Waals surface area (Å²) < 4.78 is 45.1. The lowest BCUT2D eigenvalue weighted by molar-refractivity contribution is 0.197. The Hall–Kier alpha value is -1.45. The minimum absolute atomic E-state index is 0.151. The molecule has 2 aliphatic rings. The first-order valence-corrected chi connectivity index (χ1v) is 8.93. The van der Waals surface area contributed by atoms with Gasteiger partial charge in [-0.1, -0.05) is 0 Å². The monoisotopic (exact) mass is 338 g/mol. The van der Waals surface area contributed by atoms with Gasteiger partial charge in [-0.2, -0.15) is 0 Å². The van der Waals surface area contributed by atoms with Crippen molar-refractivity contribution in [3.8, 4) is 0 Å². The molecule has 2 fully saturated rings. The van der Waals surface area contributed by atoms with Crippen LogP contribution in [-0.4, -0.2) is 7.11 Å². The van der Waals surface area contributed by atoms with E-state index in [1.165, 1.54) is 30.5 Å². The van der Waals surface area contributed by atoms with Crippen molar-refractivity contribution in [2.75, 3.05) is 7.11 Å². The van der Waals surface area contributed by atoms with Gasteiger partial charge in [0, 0.05) is 0 Å². The van der Waals surface area contributed by atoms with Crippen molar-refractivity contribution in [3.63, 3.8) is 0 Å². The molecule has 0 aromatic heterocycles. The summed E-state index contributed by atoms with van der Waals surface area (Å²) in [6, 6.07) is 2.34. The molecule has 0 aliphatic heterocycles. The Kier molecular flexibility index (Phi) is 5.52. The fourth-order valence-corrected chi connectivity index (χ4v) is 4.50. The first kappa shape index (κ1) is 17.4. The average Bonchev–Trinajstić information content (AvgIpc) is 2.60. The van der Waals surface area contributed by atoms with Gasteiger partial charge < -0.3 is 4.74 Å². The highest BCUT2D eigenvalue weighted by Crippen LogP contribution is 2.44. The molecule has 0 amide bonds. The molecule has 0 bridgehead atoms. The van der Waals surface area contributed by atoms with Crippen molar-refractivity contribution in [3.05, 3.63) is 47.0 Å². The van der Waals surface area contributed by atoms with Crippen molar-refractivity contribution in [2.24, 2.45) is 11.8 Å². The van der Waals surface area contributed by atoms with Gasteiger partial charge in [-0.05, 0) is 92.4 Å². The molecule has 0 N–H and O–H groups in total. The predicted octanol–water partition coefficient (Wildman–Crippen LogP) is 6.10. The molecule has 1 aromatic carbocycles. The number of ether oxygens (including phenoxy) is 1. The zero-order valence-corrected chi connectivity index (χ0v) is 14.2. The van der Waals surface area contributed by atoms with E-state index >= 15 is 0 Å². The van der Waals surface area contributed by atoms with Crippen LogP contribution in [0.2, 0.25) is 0 Å². The molecule has 0 spiro atoms. The van der Waals surface area contributed by atoms with Crippen molar-refractivity contribution in [2.45, 2.75) is 57.3 Å². The van der Waals surface area contributed by atoms with Crippen LogP contribution in [0.1, 0.15) is 62.8 Å². The first-order chi connectivity index (χ1) is 11.6. The molecule has 0 saturated heterocycles. The average molecular weight is 338 g/mol. The topological polar surface area (TPSA) is 9.23 Å². The SMILES string of the molecule is COC=C1CCC([C@H]2CC[C@H](c3cc(F)c(F)c(F)c3)CC2)CC1. The smallest absolute Gasteiger partial charge is 0.194 e. The molecule has 1 nitrogen and oxygen atoms in total. The summed E-state index contributed by atoms with van der Waals surface area (Å²) in [7, 11) is 1.70. The summed E-state index contributed by atoms with van der Waals surface area (Å²) in [5.74, 6) is -1.90. The van der Waals surface area contributed by atoms with Crippen molar-refractivity contribution < 1.29 is 17.9 Å². The second kappa shape index (κ2) is 7.62. The van der Waals surface area contributed by atoms with Gasteiger partial charge in [-0.3, -0.25) is 0 Å². The number of halogens is 3. The highest BCUT2D eigenvalue weighted by Gasteiger charge is 2.30. The minimum Gasteiger partial charge on any atom is -0.504 e. The van der Waals surface area contributed by atoms with E-state index < -0.39 is 17.5 Å². The van der Waals surface area contributed by atoms with E-state index in [0.717, 1.165) is 44.4 Å². The highest BCUT2D eigenvalue weighted by atomic mass is 19.2. The number of hydrogen-bond donors (Lipinski definition) is 0. The van der Waals surface area contributed by atoms with E-state index in [2.05, 4.69) is 0 Å². The Balaban J connectivity index is 1.56. The Morgan fingerprint density at radius 2 is 1.42 bits per heavy atom. The van der Waals surface area contributed by atoms with Crippen molar-refractivity contribution in [1.82, 2.24) is 0 Å². The third-order valence-electron chi connectivity index (χ3n) is 5.87. The highest BCUT2D eigenvalue weighted by molar-refractivity contribution is 5.23. The molecule has 0 unspecified atom stereocenters. The maximum absolute atomic E-state index is 13.4. The summed E-state index contributed by atoms with van der Waals surface area (Å²) >= 11 is 0. The Labute approximate surface area is 141 Å². The van der Waals surface area contributed by atoms with E-state index in [0.29, 0.717) is 11.5 Å². The van der Waals surface area contributed by atoms with Crippen LogP contribution < -0.4 is 0 Å². The molecular weight excluding hydrogens is 313 g/mol. The number of allylic oxidation sites excluding steroid dienone is 1. The van der Waals surface area contributed by atoms with Crippen LogP contribution in [-0.2, 0) is 4.74 Å². The van der Waals surface area contributed by atoms with E-state index in [-0.39, 0.29) is 5.92 Å². The number of rotatable bonds is 3. The molecule has 1 aromatic rings. The summed E-state index contributed by atoms with van der Waals surface area (Å²) in [5.41, 5.74) is 2.01. The maximum Gasteiger partial charge on any atom is 0.194 e. The van der Waals surface area contributed by atoms with Crippen LogP contribution in [0.3, 0.4) is 0 Å². The lowest BCUT2D eigenvalue weighted by Crippen LogP contribution is -2.23. The standard InChI is InChI=1S/C20H25F3O/c1-24-12-13-2-4-14(5-3-13)15-6-8-16(9-7-15)17-10-18(21)20(23)19(22)11-17/h10-12,14-16H,2-9H2,1H3/t14?,15-,16-. The quantitative estimate of drug-likeness (QED) is 0.478. The third-order valence-corrected chi connectivity index (χ3v) is 5.87. The van der Waals surface area contributed by atoms with Gasteiger partial charge in [-0.25, -0.2) is 13.2 Å². The maximum atomic E-state index is 13.4. The lowest BCUT2D eigenvalue weighted by atomic mass is 9.69. The molecule has 0 radical (unpaired) electrons. The van der Waals surface area contributed by atoms with Crippen molar-refractivity contribution >= 4 is 0 Å². The number of benzene rings is 1. The van der Waals surface area contributed by atoms with Crippen LogP contribution in [0.15, 0.2) is 24.0 Å². The fraction of sp³-hybridized carbons (Fsp3) is 0.600. The van der Waals surface area contributed by atoms with Gasteiger partial charge in [0.05, 0.1) is 13.4 Å². The van der Waals surface area contributed by atoms with Crippen molar-refractivity contribution in [1.29, 1.82) is 0 Å². The van der Waals surface area contributed by atoms with Crippen LogP contribution in [0.25, 0.3) is 0 Å². The second-order valence-electron chi connectivity index (χ2n) is 7.26. The summed E-state index contributed by atoms with van der Waals surface area (Å²) in [6.45, 7) is 0. The van der Waals surface area contributed by atoms with Gasteiger partial charge in [0.25, 0.3) is 0 Å². The molecule has 0 atom stereocenters. The van der Waals surface area contributed by atoms with Crippen LogP contribution in [0.4, 0.5) is 13.2 Å². The molecule has 2 saturated carbocycles. The summed E-state index contributed by atoms with van der Waals surface area (Å²) in [6.07, 6.45) is 10.6. The van der Waals surface area contributed by atoms with Gasteiger partial charge >= 0.3 is 0 Å². The Bertz CT molecular complexity index is 570. The Morgan fingerprint density at radius 3 is 1.96 bits per heavy atom. The van der Waals surface area contributed by atoms with Gasteiger partial charge in [0.1, 0.15) is 0 Å². The molecular formula is C20H25F3O. The lowest BCUT2D eigenvalue weighted by Gasteiger charge is -2.36. The fourth-order valence-electron chi connectivity index (χ4n) is 4.50. The van der Waals surface area contributed by atoms with Crippen LogP contribution in [0, 0.1) is 29.3 Å². The van der Waals surface area contributed by atoms with Crippen LogP contribution in [0.5, 0.6) is 0 Å². The molecule has 24 heavy (non-hydrogen) atoms. The molecule has 3 rings (SSSR count).